The minimum Gasteiger partial charge on any atom is -0.481 e. The van der Waals surface area contributed by atoms with Gasteiger partial charge in [-0.2, -0.15) is 0 Å². The molecule has 1 aromatic heterocycles. The predicted molar refractivity (Wildman–Crippen MR) is 81.9 cm³/mol. The molecule has 7 heteroatoms. The summed E-state index contributed by atoms with van der Waals surface area (Å²) in [5.74, 6) is 0.176. The molecule has 0 amide bonds. The minimum absolute atomic E-state index is 0.0421. The fourth-order valence-corrected chi connectivity index (χ4v) is 3.64. The molecule has 3 rings (SSSR count). The molecule has 1 aliphatic heterocycles. The van der Waals surface area contributed by atoms with E-state index in [0.29, 0.717) is 12.1 Å². The Balaban J connectivity index is 1.85. The molecular formula is C14H22N4O2S. The van der Waals surface area contributed by atoms with Crippen molar-refractivity contribution < 1.29 is 9.90 Å². The number of carboxylic acid groups (broad SMARTS) is 1. The van der Waals surface area contributed by atoms with E-state index in [2.05, 4.69) is 26.6 Å². The molecule has 1 unspecified atom stereocenters. The van der Waals surface area contributed by atoms with Gasteiger partial charge in [-0.15, -0.1) is 10.2 Å². The van der Waals surface area contributed by atoms with Crippen LogP contribution in [-0.2, 0) is 4.79 Å². The van der Waals surface area contributed by atoms with Gasteiger partial charge in [0.05, 0.1) is 5.75 Å². The molecule has 2 heterocycles. The van der Waals surface area contributed by atoms with Crippen molar-refractivity contribution in [1.82, 2.24) is 14.8 Å². The molecule has 2 aliphatic rings. The van der Waals surface area contributed by atoms with Crippen LogP contribution in [0.2, 0.25) is 0 Å². The molecule has 1 saturated carbocycles. The van der Waals surface area contributed by atoms with Crippen LogP contribution < -0.4 is 4.90 Å². The van der Waals surface area contributed by atoms with Gasteiger partial charge in [-0.1, -0.05) is 24.6 Å². The number of anilines is 1. The highest BCUT2D eigenvalue weighted by Gasteiger charge is 2.33. The Morgan fingerprint density at radius 1 is 1.29 bits per heavy atom. The highest BCUT2D eigenvalue weighted by molar-refractivity contribution is 7.99. The van der Waals surface area contributed by atoms with E-state index in [1.807, 2.05) is 0 Å². The number of rotatable bonds is 5. The second kappa shape index (κ2) is 6.25. The normalized spacial score (nSPS) is 23.1. The monoisotopic (exact) mass is 310 g/mol. The smallest absolute Gasteiger partial charge is 0.313 e. The van der Waals surface area contributed by atoms with Crippen molar-refractivity contribution in [3.8, 4) is 0 Å². The molecule has 21 heavy (non-hydrogen) atoms. The quantitative estimate of drug-likeness (QED) is 0.843. The molecule has 0 bridgehead atoms. The Morgan fingerprint density at radius 2 is 2.10 bits per heavy atom. The van der Waals surface area contributed by atoms with Crippen LogP contribution in [0.5, 0.6) is 0 Å². The molecule has 1 saturated heterocycles. The van der Waals surface area contributed by atoms with Crippen molar-refractivity contribution in [2.45, 2.75) is 62.7 Å². The Hall–Kier alpha value is -1.24. The number of aliphatic carboxylic acids is 1. The molecule has 1 aliphatic carbocycles. The zero-order valence-corrected chi connectivity index (χ0v) is 13.2. The summed E-state index contributed by atoms with van der Waals surface area (Å²) in [6.07, 6.45) is 7.23. The lowest BCUT2D eigenvalue weighted by Gasteiger charge is -2.28. The molecular weight excluding hydrogens is 288 g/mol. The number of nitrogens with zero attached hydrogens (tertiary/aromatic N) is 4. The number of aromatic nitrogens is 3. The molecule has 116 valence electrons. The van der Waals surface area contributed by atoms with E-state index >= 15 is 0 Å². The van der Waals surface area contributed by atoms with Gasteiger partial charge in [0.2, 0.25) is 5.95 Å². The third-order valence-corrected chi connectivity index (χ3v) is 5.12. The molecule has 1 atom stereocenters. The van der Waals surface area contributed by atoms with Gasteiger partial charge < -0.3 is 10.0 Å². The maximum absolute atomic E-state index is 10.8. The summed E-state index contributed by atoms with van der Waals surface area (Å²) in [4.78, 5) is 13.2. The average molecular weight is 310 g/mol. The maximum atomic E-state index is 10.8. The lowest BCUT2D eigenvalue weighted by atomic mass is 10.1. The van der Waals surface area contributed by atoms with Gasteiger partial charge in [0.15, 0.2) is 5.16 Å². The van der Waals surface area contributed by atoms with E-state index in [0.717, 1.165) is 30.5 Å². The van der Waals surface area contributed by atoms with Gasteiger partial charge in [0.1, 0.15) is 0 Å². The summed E-state index contributed by atoms with van der Waals surface area (Å²) in [6, 6.07) is 0.938. The van der Waals surface area contributed by atoms with E-state index in [9.17, 15) is 4.79 Å². The predicted octanol–water partition coefficient (Wildman–Crippen LogP) is 2.56. The van der Waals surface area contributed by atoms with E-state index in [4.69, 9.17) is 5.11 Å². The Bertz CT molecular complexity index is 515. The lowest BCUT2D eigenvalue weighted by Crippen LogP contribution is -2.34. The van der Waals surface area contributed by atoms with Gasteiger partial charge in [0, 0.05) is 18.6 Å². The van der Waals surface area contributed by atoms with Crippen LogP contribution in [0, 0.1) is 0 Å². The van der Waals surface area contributed by atoms with Crippen molar-refractivity contribution in [1.29, 1.82) is 0 Å². The van der Waals surface area contributed by atoms with Crippen LogP contribution in [0.25, 0.3) is 0 Å². The first-order chi connectivity index (χ1) is 10.2. The molecule has 6 nitrogen and oxygen atoms in total. The van der Waals surface area contributed by atoms with Crippen LogP contribution in [0.1, 0.15) is 51.5 Å². The van der Waals surface area contributed by atoms with Gasteiger partial charge >= 0.3 is 5.97 Å². The summed E-state index contributed by atoms with van der Waals surface area (Å²) < 4.78 is 2.18. The van der Waals surface area contributed by atoms with Crippen LogP contribution in [0.4, 0.5) is 5.95 Å². The van der Waals surface area contributed by atoms with E-state index in [-0.39, 0.29) is 5.75 Å². The standard InChI is InChI=1S/C14H22N4O2S/c1-10-5-3-2-4-8-17(10)13-15-16-14(21-9-12(19)20)18(13)11-6-7-11/h10-11H,2-9H2,1H3,(H,19,20). The van der Waals surface area contributed by atoms with Crippen LogP contribution >= 0.6 is 11.8 Å². The third kappa shape index (κ3) is 3.33. The van der Waals surface area contributed by atoms with E-state index in [1.54, 1.807) is 0 Å². The molecule has 2 fully saturated rings. The van der Waals surface area contributed by atoms with Crippen LogP contribution in [-0.4, -0.2) is 44.2 Å². The first-order valence-corrected chi connectivity index (χ1v) is 8.71. The van der Waals surface area contributed by atoms with Crippen LogP contribution in [0.15, 0.2) is 5.16 Å². The Labute approximate surface area is 128 Å². The minimum atomic E-state index is -0.810. The van der Waals surface area contributed by atoms with Crippen molar-refractivity contribution >= 4 is 23.7 Å². The first-order valence-electron chi connectivity index (χ1n) is 7.73. The highest BCUT2D eigenvalue weighted by atomic mass is 32.2. The van der Waals surface area contributed by atoms with Gasteiger partial charge in [-0.3, -0.25) is 9.36 Å². The highest BCUT2D eigenvalue weighted by Crippen LogP contribution is 2.41. The summed E-state index contributed by atoms with van der Waals surface area (Å²) in [5.41, 5.74) is 0. The Morgan fingerprint density at radius 3 is 2.81 bits per heavy atom. The zero-order chi connectivity index (χ0) is 14.8. The van der Waals surface area contributed by atoms with Crippen LogP contribution in [0.3, 0.4) is 0 Å². The summed E-state index contributed by atoms with van der Waals surface area (Å²) in [5, 5.41) is 18.3. The summed E-state index contributed by atoms with van der Waals surface area (Å²) >= 11 is 1.28. The third-order valence-electron chi connectivity index (χ3n) is 4.19. The summed E-state index contributed by atoms with van der Waals surface area (Å²) in [7, 11) is 0. The molecule has 1 N–H and O–H groups in total. The van der Waals surface area contributed by atoms with E-state index in [1.165, 1.54) is 37.4 Å². The van der Waals surface area contributed by atoms with Crippen molar-refractivity contribution in [3.05, 3.63) is 0 Å². The first kappa shape index (κ1) is 14.7. The van der Waals surface area contributed by atoms with Gasteiger partial charge in [0.25, 0.3) is 0 Å². The lowest BCUT2D eigenvalue weighted by molar-refractivity contribution is -0.133. The average Bonchev–Trinajstić information content (AvgIpc) is 3.23. The fourth-order valence-electron chi connectivity index (χ4n) is 2.91. The number of hydrogen-bond acceptors (Lipinski definition) is 5. The number of carbonyl (C=O) groups is 1. The molecule has 0 aromatic carbocycles. The molecule has 0 spiro atoms. The second-order valence-electron chi connectivity index (χ2n) is 5.96. The SMILES string of the molecule is CC1CCCCCN1c1nnc(SCC(=O)O)n1C1CC1. The largest absolute Gasteiger partial charge is 0.481 e. The molecule has 0 radical (unpaired) electrons. The summed E-state index contributed by atoms with van der Waals surface area (Å²) in [6.45, 7) is 3.27. The van der Waals surface area contributed by atoms with Gasteiger partial charge in [-0.05, 0) is 32.6 Å². The number of hydrogen-bond donors (Lipinski definition) is 1. The maximum Gasteiger partial charge on any atom is 0.313 e. The number of carboxylic acids is 1. The fraction of sp³-hybridized carbons (Fsp3) is 0.786. The molecule has 1 aromatic rings. The van der Waals surface area contributed by atoms with Gasteiger partial charge in [-0.25, -0.2) is 0 Å². The zero-order valence-electron chi connectivity index (χ0n) is 12.4. The van der Waals surface area contributed by atoms with Crippen molar-refractivity contribution in [3.63, 3.8) is 0 Å². The number of thioether (sulfide) groups is 1. The second-order valence-corrected chi connectivity index (χ2v) is 6.90. The van der Waals surface area contributed by atoms with Crippen molar-refractivity contribution in [2.24, 2.45) is 0 Å². The van der Waals surface area contributed by atoms with E-state index < -0.39 is 5.97 Å². The topological polar surface area (TPSA) is 71.2 Å². The Kier molecular flexibility index (Phi) is 4.37. The van der Waals surface area contributed by atoms with Crippen molar-refractivity contribution in [2.75, 3.05) is 17.2 Å².